The Hall–Kier alpha value is -2.63. The van der Waals surface area contributed by atoms with E-state index in [0.717, 1.165) is 0 Å². The molecule has 0 aliphatic heterocycles. The van der Waals surface area contributed by atoms with E-state index in [1.54, 1.807) is 18.2 Å². The van der Waals surface area contributed by atoms with Crippen molar-refractivity contribution < 1.29 is 5.21 Å². The first-order valence-corrected chi connectivity index (χ1v) is 4.90. The summed E-state index contributed by atoms with van der Waals surface area (Å²) in [5, 5.41) is 11.9. The minimum absolute atomic E-state index is 0.0967. The smallest absolute Gasteiger partial charge is 0.330 e. The van der Waals surface area contributed by atoms with E-state index in [4.69, 9.17) is 5.21 Å². The Kier molecular flexibility index (Phi) is 1.79. The van der Waals surface area contributed by atoms with E-state index < -0.39 is 5.43 Å². The molecule has 0 atom stereocenters. The van der Waals surface area contributed by atoms with Gasteiger partial charge in [-0.05, 0) is 18.2 Å². The maximum absolute atomic E-state index is 12.0. The zero-order chi connectivity index (χ0) is 12.0. The molecule has 0 amide bonds. The molecule has 6 heteroatoms. The Morgan fingerprint density at radius 1 is 1.24 bits per heavy atom. The first-order valence-electron chi connectivity index (χ1n) is 4.90. The Labute approximate surface area is 93.4 Å². The van der Waals surface area contributed by atoms with Crippen LogP contribution in [0.15, 0.2) is 45.2 Å². The van der Waals surface area contributed by atoms with Crippen LogP contribution in [0.5, 0.6) is 0 Å². The number of hydrogen-bond donors (Lipinski definition) is 2. The maximum Gasteiger partial charge on any atom is 0.330 e. The lowest BCUT2D eigenvalue weighted by atomic mass is 10.2. The van der Waals surface area contributed by atoms with Crippen LogP contribution in [-0.4, -0.2) is 14.6 Å². The van der Waals surface area contributed by atoms with Crippen molar-refractivity contribution in [2.75, 3.05) is 0 Å². The van der Waals surface area contributed by atoms with Gasteiger partial charge in [0.25, 0.3) is 0 Å². The van der Waals surface area contributed by atoms with Gasteiger partial charge in [-0.1, -0.05) is 11.2 Å². The molecule has 0 saturated carbocycles. The quantitative estimate of drug-likeness (QED) is 0.416. The van der Waals surface area contributed by atoms with Gasteiger partial charge in [-0.25, -0.2) is 4.79 Å². The normalized spacial score (nSPS) is 12.6. The van der Waals surface area contributed by atoms with Gasteiger partial charge in [-0.3, -0.25) is 9.20 Å². The van der Waals surface area contributed by atoms with E-state index in [1.807, 2.05) is 0 Å². The number of hydrogen-bond acceptors (Lipinski definition) is 4. The number of imidazole rings is 1. The van der Waals surface area contributed by atoms with Crippen molar-refractivity contribution in [1.82, 2.24) is 9.38 Å². The minimum Gasteiger partial charge on any atom is -0.410 e. The van der Waals surface area contributed by atoms with E-state index in [1.165, 1.54) is 16.7 Å². The van der Waals surface area contributed by atoms with Gasteiger partial charge >= 0.3 is 5.69 Å². The number of rotatable bonds is 0. The molecule has 84 valence electrons. The maximum atomic E-state index is 12.0. The van der Waals surface area contributed by atoms with Crippen molar-refractivity contribution in [3.05, 3.63) is 56.5 Å². The van der Waals surface area contributed by atoms with Gasteiger partial charge in [-0.2, -0.15) is 0 Å². The molecule has 17 heavy (non-hydrogen) atoms. The number of para-hydroxylation sites is 1. The number of aromatic nitrogens is 2. The van der Waals surface area contributed by atoms with Crippen LogP contribution in [0.1, 0.15) is 0 Å². The summed E-state index contributed by atoms with van der Waals surface area (Å²) in [5.74, 6) is 0. The second-order valence-corrected chi connectivity index (χ2v) is 3.63. The molecule has 0 aliphatic rings. The van der Waals surface area contributed by atoms with E-state index in [-0.39, 0.29) is 11.0 Å². The summed E-state index contributed by atoms with van der Waals surface area (Å²) in [6.07, 6.45) is 1.41. The van der Waals surface area contributed by atoms with Crippen molar-refractivity contribution in [3.8, 4) is 0 Å². The number of benzene rings is 1. The SMILES string of the molecule is O=c1/c(=N/O)ccn2c(=O)[nH]c3cccc1c32. The predicted octanol–water partition coefficient (Wildman–Crippen LogP) is -0.131. The summed E-state index contributed by atoms with van der Waals surface area (Å²) >= 11 is 0. The minimum atomic E-state index is -0.417. The van der Waals surface area contributed by atoms with Crippen LogP contribution in [0.4, 0.5) is 0 Å². The van der Waals surface area contributed by atoms with Gasteiger partial charge in [0, 0.05) is 6.20 Å². The molecular formula is C11H7N3O3. The third kappa shape index (κ3) is 1.17. The zero-order valence-corrected chi connectivity index (χ0v) is 8.54. The largest absolute Gasteiger partial charge is 0.410 e. The van der Waals surface area contributed by atoms with Gasteiger partial charge in [-0.15, -0.1) is 0 Å². The molecule has 0 fully saturated rings. The van der Waals surface area contributed by atoms with Gasteiger partial charge in [0.2, 0.25) is 5.43 Å². The van der Waals surface area contributed by atoms with E-state index in [0.29, 0.717) is 16.4 Å². The number of nitrogens with zero attached hydrogens (tertiary/aromatic N) is 2. The molecule has 0 radical (unpaired) electrons. The van der Waals surface area contributed by atoms with Crippen LogP contribution in [0.25, 0.3) is 16.4 Å². The van der Waals surface area contributed by atoms with Crippen LogP contribution in [0.2, 0.25) is 0 Å². The fourth-order valence-corrected chi connectivity index (χ4v) is 1.94. The van der Waals surface area contributed by atoms with Crippen LogP contribution in [-0.2, 0) is 0 Å². The molecule has 0 saturated heterocycles. The Bertz CT molecular complexity index is 892. The van der Waals surface area contributed by atoms with Gasteiger partial charge < -0.3 is 10.2 Å². The first-order chi connectivity index (χ1) is 8.22. The van der Waals surface area contributed by atoms with Gasteiger partial charge in [0.15, 0.2) is 5.36 Å². The lowest BCUT2D eigenvalue weighted by Crippen LogP contribution is -2.21. The molecular weight excluding hydrogens is 222 g/mol. The third-order valence-corrected chi connectivity index (χ3v) is 2.70. The number of H-pyrrole nitrogens is 1. The Balaban J connectivity index is 2.86. The number of aromatic amines is 1. The zero-order valence-electron chi connectivity index (χ0n) is 8.54. The van der Waals surface area contributed by atoms with Crippen LogP contribution >= 0.6 is 0 Å². The molecule has 2 aromatic heterocycles. The summed E-state index contributed by atoms with van der Waals surface area (Å²) in [6.45, 7) is 0. The molecule has 3 aromatic rings. The summed E-state index contributed by atoms with van der Waals surface area (Å²) in [6, 6.07) is 6.26. The molecule has 2 N–H and O–H groups in total. The lowest BCUT2D eigenvalue weighted by molar-refractivity contribution is 0.301. The molecule has 2 heterocycles. The van der Waals surface area contributed by atoms with Crippen molar-refractivity contribution in [2.45, 2.75) is 0 Å². The van der Waals surface area contributed by atoms with E-state index in [9.17, 15) is 9.59 Å². The standard InChI is InChI=1S/C11H7N3O3/c15-10-6-2-1-3-7-9(6)14(11(16)12-7)5-4-8(10)13-17/h1-5,17H,(H,12,16)/b13-8+. The summed E-state index contributed by atoms with van der Waals surface area (Å²) < 4.78 is 1.32. The van der Waals surface area contributed by atoms with Gasteiger partial charge in [0.1, 0.15) is 0 Å². The molecule has 0 bridgehead atoms. The third-order valence-electron chi connectivity index (χ3n) is 2.70. The second kappa shape index (κ2) is 3.18. The highest BCUT2D eigenvalue weighted by Gasteiger charge is 2.08. The van der Waals surface area contributed by atoms with Crippen LogP contribution in [0, 0.1) is 0 Å². The van der Waals surface area contributed by atoms with E-state index in [2.05, 4.69) is 10.1 Å². The van der Waals surface area contributed by atoms with Crippen molar-refractivity contribution >= 4 is 16.4 Å². The molecule has 0 spiro atoms. The fourth-order valence-electron chi connectivity index (χ4n) is 1.94. The summed E-state index contributed by atoms with van der Waals surface area (Å²) in [7, 11) is 0. The number of nitrogens with one attached hydrogen (secondary N) is 1. The highest BCUT2D eigenvalue weighted by molar-refractivity contribution is 5.92. The second-order valence-electron chi connectivity index (χ2n) is 3.63. The average Bonchev–Trinajstić information content (AvgIpc) is 2.56. The molecule has 3 rings (SSSR count). The first kappa shape index (κ1) is 9.59. The highest BCUT2D eigenvalue weighted by atomic mass is 16.4. The molecule has 1 aromatic carbocycles. The highest BCUT2D eigenvalue weighted by Crippen LogP contribution is 2.12. The Morgan fingerprint density at radius 2 is 2.06 bits per heavy atom. The monoisotopic (exact) mass is 229 g/mol. The predicted molar refractivity (Wildman–Crippen MR) is 60.3 cm³/mol. The topological polar surface area (TPSA) is 86.9 Å². The van der Waals surface area contributed by atoms with Crippen molar-refractivity contribution in [1.29, 1.82) is 0 Å². The van der Waals surface area contributed by atoms with Crippen molar-refractivity contribution in [3.63, 3.8) is 0 Å². The molecule has 0 unspecified atom stereocenters. The van der Waals surface area contributed by atoms with Gasteiger partial charge in [0.05, 0.1) is 16.4 Å². The summed E-state index contributed by atoms with van der Waals surface area (Å²) in [5.41, 5.74) is 0.317. The Morgan fingerprint density at radius 3 is 2.82 bits per heavy atom. The van der Waals surface area contributed by atoms with E-state index >= 15 is 0 Å². The molecule has 6 nitrogen and oxygen atoms in total. The lowest BCUT2D eigenvalue weighted by Gasteiger charge is -1.90. The molecule has 0 aliphatic carbocycles. The fraction of sp³-hybridized carbons (Fsp3) is 0. The van der Waals surface area contributed by atoms with Crippen LogP contribution < -0.4 is 16.5 Å². The average molecular weight is 229 g/mol. The summed E-state index contributed by atoms with van der Waals surface area (Å²) in [4.78, 5) is 26.3. The van der Waals surface area contributed by atoms with Crippen molar-refractivity contribution in [2.24, 2.45) is 5.16 Å². The van der Waals surface area contributed by atoms with Crippen LogP contribution in [0.3, 0.4) is 0 Å².